The molecule has 0 aliphatic carbocycles. The smallest absolute Gasteiger partial charge is 0.251 e. The minimum Gasteiger partial charge on any atom is -0.387 e. The Morgan fingerprint density at radius 3 is 2.57 bits per heavy atom. The Hall–Kier alpha value is -2.20. The molecular weight excluding hydrogens is 269 g/mol. The van der Waals surface area contributed by atoms with Gasteiger partial charge in [-0.3, -0.25) is 4.79 Å². The standard InChI is InChI=1S/C17H18FNO2/c1-11-5-3-4-6-14(11)16(20)10-19-17(21)13-7-8-15(18)12(2)9-13/h3-9,16,20H,10H2,1-2H3,(H,19,21). The molecule has 0 spiro atoms. The average Bonchev–Trinajstić information content (AvgIpc) is 2.47. The number of hydrogen-bond donors (Lipinski definition) is 2. The summed E-state index contributed by atoms with van der Waals surface area (Å²) in [6, 6.07) is 11.7. The summed E-state index contributed by atoms with van der Waals surface area (Å²) in [5.74, 6) is -0.669. The monoisotopic (exact) mass is 287 g/mol. The summed E-state index contributed by atoms with van der Waals surface area (Å²) in [7, 11) is 0. The molecule has 1 atom stereocenters. The fourth-order valence-electron chi connectivity index (χ4n) is 2.15. The first-order chi connectivity index (χ1) is 9.99. The minimum atomic E-state index is -0.767. The molecule has 1 amide bonds. The first-order valence-corrected chi connectivity index (χ1v) is 6.77. The second-order valence-electron chi connectivity index (χ2n) is 5.05. The topological polar surface area (TPSA) is 49.3 Å². The molecule has 0 saturated heterocycles. The maximum Gasteiger partial charge on any atom is 0.251 e. The highest BCUT2D eigenvalue weighted by molar-refractivity contribution is 5.94. The van der Waals surface area contributed by atoms with Gasteiger partial charge in [0, 0.05) is 12.1 Å². The zero-order valence-electron chi connectivity index (χ0n) is 12.1. The van der Waals surface area contributed by atoms with Crippen LogP contribution >= 0.6 is 0 Å². The zero-order valence-corrected chi connectivity index (χ0v) is 12.1. The van der Waals surface area contributed by atoms with E-state index in [4.69, 9.17) is 0 Å². The van der Waals surface area contributed by atoms with Crippen LogP contribution in [0.1, 0.15) is 33.2 Å². The molecule has 0 saturated carbocycles. The SMILES string of the molecule is Cc1cc(C(=O)NCC(O)c2ccccc2C)ccc1F. The van der Waals surface area contributed by atoms with Crippen LogP contribution in [0.5, 0.6) is 0 Å². The number of hydrogen-bond acceptors (Lipinski definition) is 2. The van der Waals surface area contributed by atoms with Gasteiger partial charge < -0.3 is 10.4 Å². The van der Waals surface area contributed by atoms with Crippen LogP contribution in [0.25, 0.3) is 0 Å². The molecule has 0 aliphatic heterocycles. The van der Waals surface area contributed by atoms with E-state index in [1.54, 1.807) is 6.92 Å². The molecule has 21 heavy (non-hydrogen) atoms. The third-order valence-electron chi connectivity index (χ3n) is 3.42. The lowest BCUT2D eigenvalue weighted by atomic mass is 10.0. The molecule has 2 rings (SSSR count). The molecule has 0 aliphatic rings. The van der Waals surface area contributed by atoms with Crippen molar-refractivity contribution in [2.24, 2.45) is 0 Å². The number of carbonyl (C=O) groups excluding carboxylic acids is 1. The van der Waals surface area contributed by atoms with Gasteiger partial charge in [-0.15, -0.1) is 0 Å². The number of rotatable bonds is 4. The van der Waals surface area contributed by atoms with E-state index in [-0.39, 0.29) is 18.3 Å². The van der Waals surface area contributed by atoms with Gasteiger partial charge in [0.05, 0.1) is 6.10 Å². The Balaban J connectivity index is 2.01. The first-order valence-electron chi connectivity index (χ1n) is 6.77. The van der Waals surface area contributed by atoms with E-state index in [0.29, 0.717) is 11.1 Å². The number of amides is 1. The molecule has 2 N–H and O–H groups in total. The molecule has 2 aromatic carbocycles. The van der Waals surface area contributed by atoms with Crippen LogP contribution in [0.2, 0.25) is 0 Å². The normalized spacial score (nSPS) is 12.0. The maximum atomic E-state index is 13.2. The van der Waals surface area contributed by atoms with E-state index in [2.05, 4.69) is 5.32 Å². The van der Waals surface area contributed by atoms with Crippen LogP contribution < -0.4 is 5.32 Å². The first kappa shape index (κ1) is 15.2. The Kier molecular flexibility index (Phi) is 4.70. The summed E-state index contributed by atoms with van der Waals surface area (Å²) in [6.45, 7) is 3.62. The van der Waals surface area contributed by atoms with Gasteiger partial charge >= 0.3 is 0 Å². The van der Waals surface area contributed by atoms with E-state index in [1.165, 1.54) is 18.2 Å². The quantitative estimate of drug-likeness (QED) is 0.908. The van der Waals surface area contributed by atoms with Gasteiger partial charge in [0.2, 0.25) is 0 Å². The number of carbonyl (C=O) groups is 1. The molecular formula is C17H18FNO2. The minimum absolute atomic E-state index is 0.111. The van der Waals surface area contributed by atoms with Crippen LogP contribution in [-0.4, -0.2) is 17.6 Å². The van der Waals surface area contributed by atoms with Crippen LogP contribution in [0, 0.1) is 19.7 Å². The lowest BCUT2D eigenvalue weighted by Crippen LogP contribution is -2.28. The van der Waals surface area contributed by atoms with E-state index < -0.39 is 6.10 Å². The number of aliphatic hydroxyl groups is 1. The van der Waals surface area contributed by atoms with Gasteiger partial charge in [0.25, 0.3) is 5.91 Å². The van der Waals surface area contributed by atoms with Crippen molar-refractivity contribution in [3.63, 3.8) is 0 Å². The highest BCUT2D eigenvalue weighted by atomic mass is 19.1. The van der Waals surface area contributed by atoms with Gasteiger partial charge in [0.15, 0.2) is 0 Å². The third kappa shape index (κ3) is 3.67. The molecule has 110 valence electrons. The van der Waals surface area contributed by atoms with E-state index >= 15 is 0 Å². The third-order valence-corrected chi connectivity index (χ3v) is 3.42. The molecule has 4 heteroatoms. The molecule has 1 unspecified atom stereocenters. The largest absolute Gasteiger partial charge is 0.387 e. The lowest BCUT2D eigenvalue weighted by molar-refractivity contribution is 0.0916. The highest BCUT2D eigenvalue weighted by Gasteiger charge is 2.13. The Labute approximate surface area is 123 Å². The predicted octanol–water partition coefficient (Wildman–Crippen LogP) is 2.91. The number of aliphatic hydroxyl groups excluding tert-OH is 1. The Bertz CT molecular complexity index is 655. The van der Waals surface area contributed by atoms with Crippen molar-refractivity contribution in [1.29, 1.82) is 0 Å². The molecule has 0 fully saturated rings. The number of nitrogens with one attached hydrogen (secondary N) is 1. The van der Waals surface area contributed by atoms with E-state index in [9.17, 15) is 14.3 Å². The van der Waals surface area contributed by atoms with Crippen LogP contribution in [0.15, 0.2) is 42.5 Å². The summed E-state index contributed by atoms with van der Waals surface area (Å²) in [4.78, 5) is 12.0. The fourth-order valence-corrected chi connectivity index (χ4v) is 2.15. The number of benzene rings is 2. The lowest BCUT2D eigenvalue weighted by Gasteiger charge is -2.14. The van der Waals surface area contributed by atoms with Crippen molar-refractivity contribution in [3.05, 3.63) is 70.5 Å². The summed E-state index contributed by atoms with van der Waals surface area (Å²) < 4.78 is 13.2. The molecule has 3 nitrogen and oxygen atoms in total. The van der Waals surface area contributed by atoms with Crippen molar-refractivity contribution in [2.45, 2.75) is 20.0 Å². The molecule has 2 aromatic rings. The summed E-state index contributed by atoms with van der Waals surface area (Å²) >= 11 is 0. The summed E-state index contributed by atoms with van der Waals surface area (Å²) in [5, 5.41) is 12.8. The van der Waals surface area contributed by atoms with Crippen LogP contribution in [-0.2, 0) is 0 Å². The van der Waals surface area contributed by atoms with Crippen LogP contribution in [0.3, 0.4) is 0 Å². The van der Waals surface area contributed by atoms with Crippen molar-refractivity contribution in [3.8, 4) is 0 Å². The zero-order chi connectivity index (χ0) is 15.4. The number of halogens is 1. The van der Waals surface area contributed by atoms with Crippen molar-refractivity contribution >= 4 is 5.91 Å². The molecule has 0 heterocycles. The van der Waals surface area contributed by atoms with Crippen LogP contribution in [0.4, 0.5) is 4.39 Å². The summed E-state index contributed by atoms with van der Waals surface area (Å²) in [6.07, 6.45) is -0.767. The van der Waals surface area contributed by atoms with Gasteiger partial charge in [0.1, 0.15) is 5.82 Å². The molecule has 0 radical (unpaired) electrons. The van der Waals surface area contributed by atoms with Gasteiger partial charge in [-0.05, 0) is 48.7 Å². The van der Waals surface area contributed by atoms with Gasteiger partial charge in [-0.25, -0.2) is 4.39 Å². The van der Waals surface area contributed by atoms with Crippen molar-refractivity contribution in [2.75, 3.05) is 6.54 Å². The van der Waals surface area contributed by atoms with Gasteiger partial charge in [-0.2, -0.15) is 0 Å². The summed E-state index contributed by atoms with van der Waals surface area (Å²) in [5.41, 5.74) is 2.55. The Morgan fingerprint density at radius 1 is 1.19 bits per heavy atom. The van der Waals surface area contributed by atoms with Gasteiger partial charge in [-0.1, -0.05) is 24.3 Å². The molecule has 0 bridgehead atoms. The van der Waals surface area contributed by atoms with E-state index in [0.717, 1.165) is 11.1 Å². The second-order valence-corrected chi connectivity index (χ2v) is 5.05. The highest BCUT2D eigenvalue weighted by Crippen LogP contribution is 2.16. The predicted molar refractivity (Wildman–Crippen MR) is 79.6 cm³/mol. The second kappa shape index (κ2) is 6.50. The van der Waals surface area contributed by atoms with E-state index in [1.807, 2.05) is 31.2 Å². The number of aryl methyl sites for hydroxylation is 2. The van der Waals surface area contributed by atoms with Crippen molar-refractivity contribution in [1.82, 2.24) is 5.32 Å². The van der Waals surface area contributed by atoms with Crippen molar-refractivity contribution < 1.29 is 14.3 Å². The average molecular weight is 287 g/mol. The Morgan fingerprint density at radius 2 is 1.90 bits per heavy atom. The molecule has 0 aromatic heterocycles. The fraction of sp³-hybridized carbons (Fsp3) is 0.235. The maximum absolute atomic E-state index is 13.2.